The van der Waals surface area contributed by atoms with Crippen molar-refractivity contribution in [2.45, 2.75) is 12.3 Å². The normalized spacial score (nSPS) is 10.7. The van der Waals surface area contributed by atoms with Crippen LogP contribution in [0.1, 0.15) is 10.4 Å². The summed E-state index contributed by atoms with van der Waals surface area (Å²) >= 11 is 9.48. The van der Waals surface area contributed by atoms with Gasteiger partial charge in [-0.25, -0.2) is 0 Å². The van der Waals surface area contributed by atoms with Crippen LogP contribution in [-0.2, 0) is 12.3 Å². The summed E-state index contributed by atoms with van der Waals surface area (Å²) in [5.41, 5.74) is 1.40. The van der Waals surface area contributed by atoms with Gasteiger partial charge in [0.15, 0.2) is 0 Å². The summed E-state index contributed by atoms with van der Waals surface area (Å²) < 4.78 is 0.866. The molecule has 0 saturated heterocycles. The van der Waals surface area contributed by atoms with Crippen molar-refractivity contribution in [3.8, 4) is 0 Å². The number of halogens is 1. The second-order valence-electron chi connectivity index (χ2n) is 3.92. The maximum Gasteiger partial charge on any atom is 0.0931 e. The lowest BCUT2D eigenvalue weighted by molar-refractivity contribution is 0.741. The van der Waals surface area contributed by atoms with Crippen LogP contribution in [0.5, 0.6) is 0 Å². The van der Waals surface area contributed by atoms with E-state index in [2.05, 4.69) is 41.7 Å². The Morgan fingerprint density at radius 3 is 2.67 bits per heavy atom. The summed E-state index contributed by atoms with van der Waals surface area (Å²) in [4.78, 5) is 1.30. The summed E-state index contributed by atoms with van der Waals surface area (Å²) in [5, 5.41) is 3.43. The number of thioether (sulfide) groups is 1. The monoisotopic (exact) mass is 297 g/mol. The standard InChI is InChI=1S/C14H16ClNS2/c15-14-7-6-13(18-14)10-16-8-9-17-11-12-4-2-1-3-5-12/h1-7,16H,8-11H2. The van der Waals surface area contributed by atoms with Crippen LogP contribution >= 0.6 is 34.7 Å². The van der Waals surface area contributed by atoms with Gasteiger partial charge >= 0.3 is 0 Å². The minimum absolute atomic E-state index is 0.866. The van der Waals surface area contributed by atoms with Crippen LogP contribution < -0.4 is 5.32 Å². The molecule has 0 bridgehead atoms. The number of hydrogen-bond acceptors (Lipinski definition) is 3. The van der Waals surface area contributed by atoms with E-state index in [1.807, 2.05) is 17.8 Å². The maximum atomic E-state index is 5.88. The lowest BCUT2D eigenvalue weighted by Crippen LogP contribution is -2.15. The van der Waals surface area contributed by atoms with Crippen LogP contribution in [-0.4, -0.2) is 12.3 Å². The topological polar surface area (TPSA) is 12.0 Å². The Morgan fingerprint density at radius 2 is 1.94 bits per heavy atom. The molecule has 0 unspecified atom stereocenters. The molecule has 0 fully saturated rings. The van der Waals surface area contributed by atoms with Crippen molar-refractivity contribution < 1.29 is 0 Å². The van der Waals surface area contributed by atoms with Crippen molar-refractivity contribution in [2.75, 3.05) is 12.3 Å². The van der Waals surface area contributed by atoms with Gasteiger partial charge in [-0.3, -0.25) is 0 Å². The molecule has 1 heterocycles. The Labute approximate surface area is 122 Å². The SMILES string of the molecule is Clc1ccc(CNCCSCc2ccccc2)s1. The second-order valence-corrected chi connectivity index (χ2v) is 6.83. The Morgan fingerprint density at radius 1 is 1.11 bits per heavy atom. The Kier molecular flexibility index (Phi) is 6.08. The molecule has 0 spiro atoms. The van der Waals surface area contributed by atoms with Gasteiger partial charge in [0.25, 0.3) is 0 Å². The zero-order valence-electron chi connectivity index (χ0n) is 10.1. The zero-order valence-corrected chi connectivity index (χ0v) is 12.5. The predicted octanol–water partition coefficient (Wildman–Crippen LogP) is 4.42. The van der Waals surface area contributed by atoms with Crippen molar-refractivity contribution in [3.05, 3.63) is 57.2 Å². The van der Waals surface area contributed by atoms with E-state index >= 15 is 0 Å². The van der Waals surface area contributed by atoms with Crippen LogP contribution in [0.15, 0.2) is 42.5 Å². The lowest BCUT2D eigenvalue weighted by Gasteiger charge is -2.03. The van der Waals surface area contributed by atoms with Crippen LogP contribution in [0.3, 0.4) is 0 Å². The highest BCUT2D eigenvalue weighted by Crippen LogP contribution is 2.21. The molecule has 2 rings (SSSR count). The first-order valence-electron chi connectivity index (χ1n) is 5.91. The smallest absolute Gasteiger partial charge is 0.0931 e. The highest BCUT2D eigenvalue weighted by atomic mass is 35.5. The van der Waals surface area contributed by atoms with E-state index in [1.54, 1.807) is 11.3 Å². The van der Waals surface area contributed by atoms with Gasteiger partial charge in [0.2, 0.25) is 0 Å². The van der Waals surface area contributed by atoms with Gasteiger partial charge in [0.1, 0.15) is 0 Å². The molecule has 0 aliphatic rings. The van der Waals surface area contributed by atoms with Crippen LogP contribution in [0.25, 0.3) is 0 Å². The molecule has 1 N–H and O–H groups in total. The molecule has 1 aromatic carbocycles. The fourth-order valence-electron chi connectivity index (χ4n) is 1.57. The molecule has 0 saturated carbocycles. The fraction of sp³-hybridized carbons (Fsp3) is 0.286. The Balaban J connectivity index is 1.54. The van der Waals surface area contributed by atoms with Gasteiger partial charge in [-0.1, -0.05) is 41.9 Å². The number of hydrogen-bond donors (Lipinski definition) is 1. The molecule has 0 aliphatic heterocycles. The minimum atomic E-state index is 0.866. The van der Waals surface area contributed by atoms with Crippen molar-refractivity contribution in [3.63, 3.8) is 0 Å². The third-order valence-corrected chi connectivity index (χ3v) is 4.72. The molecule has 1 aromatic heterocycles. The quantitative estimate of drug-likeness (QED) is 0.759. The molecular formula is C14H16ClNS2. The number of nitrogens with one attached hydrogen (secondary N) is 1. The third-order valence-electron chi connectivity index (χ3n) is 2.46. The number of thiophene rings is 1. The van der Waals surface area contributed by atoms with Gasteiger partial charge in [0, 0.05) is 29.5 Å². The highest BCUT2D eigenvalue weighted by molar-refractivity contribution is 7.98. The molecule has 2 aromatic rings. The van der Waals surface area contributed by atoms with E-state index in [4.69, 9.17) is 11.6 Å². The summed E-state index contributed by atoms with van der Waals surface area (Å²) in [6.45, 7) is 1.95. The highest BCUT2D eigenvalue weighted by Gasteiger charge is 1.97. The predicted molar refractivity (Wildman–Crippen MR) is 83.6 cm³/mol. The van der Waals surface area contributed by atoms with Gasteiger partial charge in [-0.05, 0) is 17.7 Å². The van der Waals surface area contributed by atoms with E-state index in [1.165, 1.54) is 10.4 Å². The van der Waals surface area contributed by atoms with Crippen molar-refractivity contribution in [1.82, 2.24) is 5.32 Å². The average Bonchev–Trinajstić information content (AvgIpc) is 2.81. The zero-order chi connectivity index (χ0) is 12.6. The third kappa shape index (κ3) is 5.02. The van der Waals surface area contributed by atoms with E-state index in [0.717, 1.165) is 28.9 Å². The first-order chi connectivity index (χ1) is 8.84. The molecule has 0 amide bonds. The molecule has 18 heavy (non-hydrogen) atoms. The van der Waals surface area contributed by atoms with E-state index in [9.17, 15) is 0 Å². The Bertz CT molecular complexity index is 456. The molecule has 0 atom stereocenters. The van der Waals surface area contributed by atoms with E-state index in [0.29, 0.717) is 0 Å². The van der Waals surface area contributed by atoms with Crippen molar-refractivity contribution in [1.29, 1.82) is 0 Å². The number of benzene rings is 1. The molecule has 0 radical (unpaired) electrons. The van der Waals surface area contributed by atoms with Gasteiger partial charge in [-0.2, -0.15) is 11.8 Å². The summed E-state index contributed by atoms with van der Waals surface area (Å²) in [6, 6.07) is 14.6. The van der Waals surface area contributed by atoms with Crippen molar-refractivity contribution >= 4 is 34.7 Å². The fourth-order valence-corrected chi connectivity index (χ4v) is 3.49. The molecule has 4 heteroatoms. The molecule has 0 aliphatic carbocycles. The summed E-state index contributed by atoms with van der Waals surface area (Å²) in [5.74, 6) is 2.22. The van der Waals surface area contributed by atoms with Crippen LogP contribution in [0, 0.1) is 0 Å². The van der Waals surface area contributed by atoms with Crippen LogP contribution in [0.4, 0.5) is 0 Å². The lowest BCUT2D eigenvalue weighted by atomic mass is 10.2. The minimum Gasteiger partial charge on any atom is -0.311 e. The maximum absolute atomic E-state index is 5.88. The first kappa shape index (κ1) is 13.9. The number of rotatable bonds is 7. The summed E-state index contributed by atoms with van der Waals surface area (Å²) in [6.07, 6.45) is 0. The van der Waals surface area contributed by atoms with E-state index in [-0.39, 0.29) is 0 Å². The largest absolute Gasteiger partial charge is 0.311 e. The first-order valence-corrected chi connectivity index (χ1v) is 8.26. The summed E-state index contributed by atoms with van der Waals surface area (Å²) in [7, 11) is 0. The van der Waals surface area contributed by atoms with Crippen LogP contribution in [0.2, 0.25) is 4.34 Å². The average molecular weight is 298 g/mol. The van der Waals surface area contributed by atoms with Crippen molar-refractivity contribution in [2.24, 2.45) is 0 Å². The second kappa shape index (κ2) is 7.85. The van der Waals surface area contributed by atoms with Gasteiger partial charge in [-0.15, -0.1) is 11.3 Å². The Hall–Kier alpha value is -0.480. The van der Waals surface area contributed by atoms with Gasteiger partial charge in [0.05, 0.1) is 4.34 Å². The molecule has 1 nitrogen and oxygen atoms in total. The van der Waals surface area contributed by atoms with Gasteiger partial charge < -0.3 is 5.32 Å². The van der Waals surface area contributed by atoms with E-state index < -0.39 is 0 Å². The molecular weight excluding hydrogens is 282 g/mol. The molecule has 96 valence electrons.